The molecule has 4 aromatic carbocycles. The van der Waals surface area contributed by atoms with E-state index >= 15 is 0 Å². The van der Waals surface area contributed by atoms with Crippen LogP contribution in [0, 0.1) is 0 Å². The number of rotatable bonds is 10. The summed E-state index contributed by atoms with van der Waals surface area (Å²) in [6.45, 7) is 0. The van der Waals surface area contributed by atoms with Crippen molar-refractivity contribution in [1.29, 1.82) is 0 Å². The Labute approximate surface area is 232 Å². The maximum Gasteiger partial charge on any atom is 0.272 e. The first kappa shape index (κ1) is 27.6. The molecule has 7 nitrogen and oxygen atoms in total. The zero-order valence-electron chi connectivity index (χ0n) is 22.1. The van der Waals surface area contributed by atoms with E-state index in [2.05, 4.69) is 10.6 Å². The van der Waals surface area contributed by atoms with Crippen molar-refractivity contribution < 1.29 is 23.9 Å². The first-order valence-corrected chi connectivity index (χ1v) is 12.4. The van der Waals surface area contributed by atoms with Crippen LogP contribution in [0.15, 0.2) is 115 Å². The topological polar surface area (TPSA) is 93.7 Å². The average Bonchev–Trinajstić information content (AvgIpc) is 3.00. The van der Waals surface area contributed by atoms with Crippen LogP contribution in [0.3, 0.4) is 0 Å². The van der Waals surface area contributed by atoms with E-state index in [0.717, 1.165) is 11.3 Å². The predicted octanol–water partition coefficient (Wildman–Crippen LogP) is 6.01. The summed E-state index contributed by atoms with van der Waals surface area (Å²) in [7, 11) is 3.15. The minimum atomic E-state index is -0.523. The van der Waals surface area contributed by atoms with E-state index in [0.29, 0.717) is 28.1 Å². The number of hydrogen-bond donors (Lipinski definition) is 2. The normalized spacial score (nSPS) is 11.1. The molecule has 2 N–H and O–H groups in total. The van der Waals surface area contributed by atoms with Crippen molar-refractivity contribution in [3.63, 3.8) is 0 Å². The Hall–Kier alpha value is -5.43. The number of allylic oxidation sites excluding steroid dienone is 1. The second-order valence-corrected chi connectivity index (χ2v) is 8.66. The number of anilines is 1. The molecule has 0 atom stereocenters. The lowest BCUT2D eigenvalue weighted by atomic mass is 10.1. The van der Waals surface area contributed by atoms with Gasteiger partial charge in [-0.05, 0) is 83.9 Å². The molecule has 4 rings (SSSR count). The molecule has 0 bridgehead atoms. The van der Waals surface area contributed by atoms with Crippen LogP contribution < -0.4 is 20.1 Å². The zero-order valence-corrected chi connectivity index (χ0v) is 22.1. The van der Waals surface area contributed by atoms with E-state index in [-0.39, 0.29) is 11.5 Å². The fourth-order valence-electron chi connectivity index (χ4n) is 3.74. The third kappa shape index (κ3) is 7.55. The van der Waals surface area contributed by atoms with Gasteiger partial charge in [0.25, 0.3) is 11.8 Å². The molecule has 7 heteroatoms. The Bertz CT molecular complexity index is 1540. The summed E-state index contributed by atoms with van der Waals surface area (Å²) in [5, 5.41) is 5.49. The van der Waals surface area contributed by atoms with Gasteiger partial charge in [0.1, 0.15) is 17.2 Å². The van der Waals surface area contributed by atoms with Crippen molar-refractivity contribution >= 4 is 35.4 Å². The molecule has 4 aromatic rings. The number of methoxy groups -OCH3 is 2. The first-order chi connectivity index (χ1) is 19.4. The van der Waals surface area contributed by atoms with Crippen molar-refractivity contribution in [1.82, 2.24) is 5.32 Å². The Morgan fingerprint density at radius 2 is 1.38 bits per heavy atom. The van der Waals surface area contributed by atoms with Gasteiger partial charge in [-0.3, -0.25) is 14.4 Å². The Morgan fingerprint density at radius 3 is 2.05 bits per heavy atom. The maximum atomic E-state index is 13.2. The van der Waals surface area contributed by atoms with Crippen LogP contribution in [-0.2, 0) is 4.79 Å². The second-order valence-electron chi connectivity index (χ2n) is 8.66. The van der Waals surface area contributed by atoms with Gasteiger partial charge in [0.2, 0.25) is 0 Å². The molecule has 0 spiro atoms. The van der Waals surface area contributed by atoms with E-state index in [9.17, 15) is 14.4 Å². The average molecular weight is 533 g/mol. The van der Waals surface area contributed by atoms with Gasteiger partial charge < -0.3 is 20.1 Å². The van der Waals surface area contributed by atoms with Gasteiger partial charge in [-0.25, -0.2) is 0 Å². The molecule has 0 saturated heterocycles. The molecule has 0 aromatic heterocycles. The number of nitrogens with one attached hydrogen (secondary N) is 2. The smallest absolute Gasteiger partial charge is 0.272 e. The van der Waals surface area contributed by atoms with Gasteiger partial charge in [-0.1, -0.05) is 48.5 Å². The molecular weight excluding hydrogens is 504 g/mol. The van der Waals surface area contributed by atoms with Crippen molar-refractivity contribution in [2.24, 2.45) is 0 Å². The van der Waals surface area contributed by atoms with Crippen molar-refractivity contribution in [3.05, 3.63) is 137 Å². The molecule has 0 heterocycles. The van der Waals surface area contributed by atoms with Gasteiger partial charge in [0, 0.05) is 16.8 Å². The van der Waals surface area contributed by atoms with Crippen molar-refractivity contribution in [3.8, 4) is 11.5 Å². The van der Waals surface area contributed by atoms with E-state index in [4.69, 9.17) is 9.47 Å². The van der Waals surface area contributed by atoms with Gasteiger partial charge >= 0.3 is 0 Å². The third-order valence-electron chi connectivity index (χ3n) is 5.90. The predicted molar refractivity (Wildman–Crippen MR) is 156 cm³/mol. The second kappa shape index (κ2) is 13.4. The molecule has 40 heavy (non-hydrogen) atoms. The van der Waals surface area contributed by atoms with Crippen LogP contribution >= 0.6 is 0 Å². The van der Waals surface area contributed by atoms with Crippen LogP contribution in [0.5, 0.6) is 11.5 Å². The number of hydrogen-bond acceptors (Lipinski definition) is 5. The summed E-state index contributed by atoms with van der Waals surface area (Å²) >= 11 is 0. The molecule has 2 amide bonds. The number of amides is 2. The molecular formula is C33H28N2O5. The highest BCUT2D eigenvalue weighted by molar-refractivity contribution is 6.11. The van der Waals surface area contributed by atoms with Crippen LogP contribution in [0.25, 0.3) is 12.2 Å². The highest BCUT2D eigenvalue weighted by atomic mass is 16.5. The van der Waals surface area contributed by atoms with E-state index in [1.54, 1.807) is 105 Å². The molecule has 0 fully saturated rings. The summed E-state index contributed by atoms with van der Waals surface area (Å²) in [6, 6.07) is 29.6. The number of benzene rings is 4. The molecule has 0 aliphatic carbocycles. The van der Waals surface area contributed by atoms with Crippen LogP contribution in [-0.4, -0.2) is 31.8 Å². The van der Waals surface area contributed by atoms with E-state index in [1.807, 2.05) is 24.3 Å². The quantitative estimate of drug-likeness (QED) is 0.193. The van der Waals surface area contributed by atoms with Gasteiger partial charge in [0.15, 0.2) is 5.78 Å². The van der Waals surface area contributed by atoms with Gasteiger partial charge in [-0.2, -0.15) is 0 Å². The summed E-state index contributed by atoms with van der Waals surface area (Å²) in [5.41, 5.74) is 2.92. The highest BCUT2D eigenvalue weighted by Gasteiger charge is 2.15. The molecule has 0 radical (unpaired) electrons. The molecule has 200 valence electrons. The SMILES string of the molecule is COc1ccc(/C=C/C(=O)c2ccc(NC(=O)/C(=C/c3cccc(OC)c3)NC(=O)c3ccccc3)cc2)cc1. The monoisotopic (exact) mass is 532 g/mol. The first-order valence-electron chi connectivity index (χ1n) is 12.4. The minimum absolute atomic E-state index is 0.0460. The van der Waals surface area contributed by atoms with E-state index in [1.165, 1.54) is 6.08 Å². The van der Waals surface area contributed by atoms with Crippen LogP contribution in [0.4, 0.5) is 5.69 Å². The third-order valence-corrected chi connectivity index (χ3v) is 5.90. The lowest BCUT2D eigenvalue weighted by molar-refractivity contribution is -0.113. The Balaban J connectivity index is 1.49. The highest BCUT2D eigenvalue weighted by Crippen LogP contribution is 2.18. The number of ketones is 1. The standard InChI is InChI=1S/C33H28N2O5/c1-39-28-18-11-23(12-19-28)13-20-31(36)25-14-16-27(17-15-25)34-33(38)30(22-24-7-6-10-29(21-24)40-2)35-32(37)26-8-4-3-5-9-26/h3-22H,1-2H3,(H,34,38)(H,35,37)/b20-13+,30-22-. The number of ether oxygens (including phenoxy) is 2. The molecule has 0 aliphatic heterocycles. The zero-order chi connectivity index (χ0) is 28.3. The van der Waals surface area contributed by atoms with E-state index < -0.39 is 11.8 Å². The molecule has 0 saturated carbocycles. The van der Waals surface area contributed by atoms with Gasteiger partial charge in [0.05, 0.1) is 14.2 Å². The molecule has 0 aliphatic rings. The largest absolute Gasteiger partial charge is 0.497 e. The number of carbonyl (C=O) groups excluding carboxylic acids is 3. The van der Waals surface area contributed by atoms with Crippen LogP contribution in [0.2, 0.25) is 0 Å². The maximum absolute atomic E-state index is 13.2. The minimum Gasteiger partial charge on any atom is -0.497 e. The van der Waals surface area contributed by atoms with Gasteiger partial charge in [-0.15, -0.1) is 0 Å². The Kier molecular flexibility index (Phi) is 9.24. The molecule has 0 unspecified atom stereocenters. The summed E-state index contributed by atoms with van der Waals surface area (Å²) < 4.78 is 10.4. The Morgan fingerprint density at radius 1 is 0.675 bits per heavy atom. The summed E-state index contributed by atoms with van der Waals surface area (Å²) in [5.74, 6) is 0.230. The fourth-order valence-corrected chi connectivity index (χ4v) is 3.74. The van der Waals surface area contributed by atoms with Crippen molar-refractivity contribution in [2.75, 3.05) is 19.5 Å². The number of carbonyl (C=O) groups is 3. The van der Waals surface area contributed by atoms with Crippen molar-refractivity contribution in [2.45, 2.75) is 0 Å². The lowest BCUT2D eigenvalue weighted by Crippen LogP contribution is -2.30. The fraction of sp³-hybridized carbons (Fsp3) is 0.0606. The lowest BCUT2D eigenvalue weighted by Gasteiger charge is -2.12. The van der Waals surface area contributed by atoms with Crippen LogP contribution in [0.1, 0.15) is 31.8 Å². The summed E-state index contributed by atoms with van der Waals surface area (Å²) in [4.78, 5) is 38.7. The summed E-state index contributed by atoms with van der Waals surface area (Å²) in [6.07, 6.45) is 4.78.